The molecule has 1 heterocycles. The number of hydrogen-bond donors (Lipinski definition) is 2. The van der Waals surface area contributed by atoms with E-state index in [9.17, 15) is 19.5 Å². The van der Waals surface area contributed by atoms with Gasteiger partial charge in [-0.25, -0.2) is 9.59 Å². The fourth-order valence-corrected chi connectivity index (χ4v) is 1.73. The summed E-state index contributed by atoms with van der Waals surface area (Å²) in [5.74, 6) is -2.66. The van der Waals surface area contributed by atoms with Gasteiger partial charge in [-0.2, -0.15) is 0 Å². The van der Waals surface area contributed by atoms with Crippen LogP contribution in [0.3, 0.4) is 0 Å². The first-order valence-corrected chi connectivity index (χ1v) is 5.29. The lowest BCUT2D eigenvalue weighted by molar-refractivity contribution is 0.0651. The van der Waals surface area contributed by atoms with Gasteiger partial charge >= 0.3 is 11.9 Å². The molecule has 0 fully saturated rings. The Morgan fingerprint density at radius 1 is 0.947 bits per heavy atom. The van der Waals surface area contributed by atoms with E-state index in [1.54, 1.807) is 0 Å². The van der Waals surface area contributed by atoms with Gasteiger partial charge in [-0.1, -0.05) is 6.07 Å². The number of carbonyl (C=O) groups is 2. The van der Waals surface area contributed by atoms with Crippen LogP contribution in [-0.4, -0.2) is 26.7 Å². The molecule has 0 radical (unpaired) electrons. The van der Waals surface area contributed by atoms with Crippen molar-refractivity contribution in [3.05, 3.63) is 64.1 Å². The quantitative estimate of drug-likeness (QED) is 0.864. The fourth-order valence-electron chi connectivity index (χ4n) is 1.73. The molecule has 0 bridgehead atoms. The second-order valence-corrected chi connectivity index (χ2v) is 3.75. The molecule has 6 nitrogen and oxygen atoms in total. The lowest BCUT2D eigenvalue weighted by Gasteiger charge is -2.11. The van der Waals surface area contributed by atoms with Crippen LogP contribution in [0.2, 0.25) is 0 Å². The van der Waals surface area contributed by atoms with Gasteiger partial charge in [0.05, 0.1) is 16.8 Å². The Morgan fingerprint density at radius 2 is 1.58 bits per heavy atom. The van der Waals surface area contributed by atoms with E-state index >= 15 is 0 Å². The number of nitrogens with zero attached hydrogens (tertiary/aromatic N) is 1. The maximum Gasteiger partial charge on any atom is 0.338 e. The average Bonchev–Trinajstić information content (AvgIpc) is 2.38. The highest BCUT2D eigenvalue weighted by Gasteiger charge is 2.20. The molecule has 2 N–H and O–H groups in total. The van der Waals surface area contributed by atoms with Crippen molar-refractivity contribution >= 4 is 11.9 Å². The van der Waals surface area contributed by atoms with Gasteiger partial charge in [-0.05, 0) is 12.1 Å². The number of rotatable bonds is 3. The molecule has 0 aliphatic rings. The molecule has 1 aromatic heterocycles. The molecule has 1 aromatic carbocycles. The Hall–Kier alpha value is -2.89. The van der Waals surface area contributed by atoms with Gasteiger partial charge < -0.3 is 14.8 Å². The van der Waals surface area contributed by atoms with Crippen molar-refractivity contribution in [3.63, 3.8) is 0 Å². The van der Waals surface area contributed by atoms with E-state index in [0.717, 1.165) is 0 Å². The van der Waals surface area contributed by atoms with Crippen molar-refractivity contribution in [3.8, 4) is 5.69 Å². The molecule has 0 aliphatic heterocycles. The summed E-state index contributed by atoms with van der Waals surface area (Å²) in [5, 5.41) is 18.2. The number of carboxylic acid groups (broad SMARTS) is 2. The van der Waals surface area contributed by atoms with Crippen LogP contribution in [0.5, 0.6) is 0 Å². The number of benzene rings is 1. The van der Waals surface area contributed by atoms with Crippen molar-refractivity contribution in [1.82, 2.24) is 4.57 Å². The molecule has 6 heteroatoms. The maximum absolute atomic E-state index is 11.2. The zero-order chi connectivity index (χ0) is 14.0. The summed E-state index contributed by atoms with van der Waals surface area (Å²) in [7, 11) is 0. The first-order chi connectivity index (χ1) is 9.00. The van der Waals surface area contributed by atoms with Gasteiger partial charge in [0.15, 0.2) is 5.43 Å². The molecule has 0 unspecified atom stereocenters. The number of carboxylic acids is 2. The summed E-state index contributed by atoms with van der Waals surface area (Å²) in [6, 6.07) is 6.67. The van der Waals surface area contributed by atoms with Crippen LogP contribution in [0.4, 0.5) is 0 Å². The molecule has 0 amide bonds. The van der Waals surface area contributed by atoms with E-state index in [4.69, 9.17) is 5.11 Å². The first kappa shape index (κ1) is 12.6. The molecule has 2 aromatic rings. The van der Waals surface area contributed by atoms with Crippen LogP contribution in [-0.2, 0) is 0 Å². The lowest BCUT2D eigenvalue weighted by atomic mass is 10.1. The predicted octanol–water partition coefficient (Wildman–Crippen LogP) is 1.23. The molecular weight excluding hydrogens is 250 g/mol. The van der Waals surface area contributed by atoms with Crippen molar-refractivity contribution in [2.24, 2.45) is 0 Å². The van der Waals surface area contributed by atoms with Gasteiger partial charge in [0, 0.05) is 24.5 Å². The van der Waals surface area contributed by atoms with Crippen LogP contribution in [0, 0.1) is 0 Å². The highest BCUT2D eigenvalue weighted by atomic mass is 16.4. The van der Waals surface area contributed by atoms with Crippen LogP contribution in [0.25, 0.3) is 5.69 Å². The van der Waals surface area contributed by atoms with E-state index in [1.165, 1.54) is 47.3 Å². The van der Waals surface area contributed by atoms with Crippen molar-refractivity contribution in [1.29, 1.82) is 0 Å². The number of aromatic nitrogens is 1. The highest BCUT2D eigenvalue weighted by molar-refractivity contribution is 6.04. The minimum absolute atomic E-state index is 0.187. The highest BCUT2D eigenvalue weighted by Crippen LogP contribution is 2.19. The fraction of sp³-hybridized carbons (Fsp3) is 0. The Labute approximate surface area is 107 Å². The summed E-state index contributed by atoms with van der Waals surface area (Å²) < 4.78 is 1.39. The second kappa shape index (κ2) is 4.77. The van der Waals surface area contributed by atoms with Gasteiger partial charge in [-0.3, -0.25) is 4.79 Å². The van der Waals surface area contributed by atoms with Crippen molar-refractivity contribution in [2.45, 2.75) is 0 Å². The van der Waals surface area contributed by atoms with Crippen LogP contribution >= 0.6 is 0 Å². The van der Waals surface area contributed by atoms with Crippen molar-refractivity contribution in [2.75, 3.05) is 0 Å². The molecule has 2 rings (SSSR count). The van der Waals surface area contributed by atoms with E-state index in [1.807, 2.05) is 0 Å². The minimum Gasteiger partial charge on any atom is -0.478 e. The topological polar surface area (TPSA) is 96.6 Å². The largest absolute Gasteiger partial charge is 0.478 e. The third kappa shape index (κ3) is 2.37. The molecule has 0 spiro atoms. The smallest absolute Gasteiger partial charge is 0.338 e. The van der Waals surface area contributed by atoms with E-state index < -0.39 is 11.9 Å². The first-order valence-electron chi connectivity index (χ1n) is 5.29. The molecule has 0 saturated heterocycles. The minimum atomic E-state index is -1.34. The Kier molecular flexibility index (Phi) is 3.15. The summed E-state index contributed by atoms with van der Waals surface area (Å²) in [4.78, 5) is 33.3. The average molecular weight is 259 g/mol. The number of aromatic carboxylic acids is 2. The zero-order valence-corrected chi connectivity index (χ0v) is 9.61. The summed E-state index contributed by atoms with van der Waals surface area (Å²) in [5.41, 5.74) is -0.655. The standard InChI is InChI=1S/C13H9NO5/c15-8-4-6-14(7-5-8)10-3-1-2-9(12(16)17)11(10)13(18)19/h1-7H,(H,16,17)(H,18,19). The van der Waals surface area contributed by atoms with E-state index in [-0.39, 0.29) is 22.2 Å². The maximum atomic E-state index is 11.2. The van der Waals surface area contributed by atoms with Crippen molar-refractivity contribution < 1.29 is 19.8 Å². The monoisotopic (exact) mass is 259 g/mol. The van der Waals surface area contributed by atoms with E-state index in [0.29, 0.717) is 0 Å². The summed E-state index contributed by atoms with van der Waals surface area (Å²) >= 11 is 0. The molecule has 19 heavy (non-hydrogen) atoms. The normalized spacial score (nSPS) is 10.1. The van der Waals surface area contributed by atoms with Crippen LogP contribution in [0.15, 0.2) is 47.5 Å². The third-order valence-corrected chi connectivity index (χ3v) is 2.56. The van der Waals surface area contributed by atoms with Crippen LogP contribution in [0.1, 0.15) is 20.7 Å². The Morgan fingerprint density at radius 3 is 2.11 bits per heavy atom. The SMILES string of the molecule is O=C(O)c1cccc(-n2ccc(=O)cc2)c1C(=O)O. The molecule has 0 aliphatic carbocycles. The summed E-state index contributed by atoms with van der Waals surface area (Å²) in [6.45, 7) is 0. The third-order valence-electron chi connectivity index (χ3n) is 2.56. The summed E-state index contributed by atoms with van der Waals surface area (Å²) in [6.07, 6.45) is 2.77. The Bertz CT molecular complexity index is 697. The van der Waals surface area contributed by atoms with E-state index in [2.05, 4.69) is 0 Å². The molecule has 0 saturated carbocycles. The predicted molar refractivity (Wildman–Crippen MR) is 66.0 cm³/mol. The van der Waals surface area contributed by atoms with Gasteiger partial charge in [0.2, 0.25) is 0 Å². The molecule has 96 valence electrons. The molecular formula is C13H9NO5. The number of hydrogen-bond acceptors (Lipinski definition) is 3. The molecule has 0 atom stereocenters. The second-order valence-electron chi connectivity index (χ2n) is 3.75. The lowest BCUT2D eigenvalue weighted by Crippen LogP contribution is -2.13. The van der Waals surface area contributed by atoms with Gasteiger partial charge in [0.25, 0.3) is 0 Å². The Balaban J connectivity index is 2.73. The number of pyridine rings is 1. The van der Waals surface area contributed by atoms with Gasteiger partial charge in [-0.15, -0.1) is 0 Å². The van der Waals surface area contributed by atoms with Crippen LogP contribution < -0.4 is 5.43 Å². The zero-order valence-electron chi connectivity index (χ0n) is 9.61. The van der Waals surface area contributed by atoms with Gasteiger partial charge in [0.1, 0.15) is 0 Å².